The van der Waals surface area contributed by atoms with Crippen molar-refractivity contribution in [1.29, 1.82) is 0 Å². The van der Waals surface area contributed by atoms with Gasteiger partial charge in [0.25, 0.3) is 0 Å². The van der Waals surface area contributed by atoms with Gasteiger partial charge in [-0.3, -0.25) is 4.79 Å². The van der Waals surface area contributed by atoms with Crippen LogP contribution in [0.2, 0.25) is 0 Å². The summed E-state index contributed by atoms with van der Waals surface area (Å²) in [5.74, 6) is -0.772. The van der Waals surface area contributed by atoms with Crippen molar-refractivity contribution in [3.8, 4) is 0 Å². The first-order valence-electron chi connectivity index (χ1n) is 6.44. The molecule has 0 spiro atoms. The third kappa shape index (κ3) is 6.11. The molecule has 21 heavy (non-hydrogen) atoms. The maximum atomic E-state index is 13.6. The van der Waals surface area contributed by atoms with Gasteiger partial charge in [0.15, 0.2) is 0 Å². The van der Waals surface area contributed by atoms with Gasteiger partial charge in [-0.05, 0) is 24.1 Å². The zero-order chi connectivity index (χ0) is 16.0. The zero-order valence-electron chi connectivity index (χ0n) is 11.8. The first kappa shape index (κ1) is 18.1. The van der Waals surface area contributed by atoms with Gasteiger partial charge >= 0.3 is 0 Å². The van der Waals surface area contributed by atoms with Crippen molar-refractivity contribution in [2.24, 2.45) is 5.92 Å². The fourth-order valence-electron chi connectivity index (χ4n) is 1.48. The number of carbonyl (C=O) groups excluding carboxylic acids is 1. The number of nitrogens with one attached hydrogen (secondary N) is 2. The van der Waals surface area contributed by atoms with E-state index in [9.17, 15) is 17.6 Å². The molecule has 0 aliphatic rings. The lowest BCUT2D eigenvalue weighted by Crippen LogP contribution is -2.32. The normalized spacial score (nSPS) is 11.7. The molecular weight excluding hydrogens is 363 g/mol. The number of sulfonamides is 1. The molecule has 1 amide bonds. The average Bonchev–Trinajstić information content (AvgIpc) is 2.35. The summed E-state index contributed by atoms with van der Waals surface area (Å²) in [5.41, 5.74) is 0. The van der Waals surface area contributed by atoms with Crippen LogP contribution in [-0.4, -0.2) is 27.4 Å². The van der Waals surface area contributed by atoms with Gasteiger partial charge in [0.2, 0.25) is 15.9 Å². The fraction of sp³-hybridized carbons (Fsp3) is 0.462. The predicted octanol–water partition coefficient (Wildman–Crippen LogP) is 2.03. The summed E-state index contributed by atoms with van der Waals surface area (Å²) in [7, 11) is -3.96. The highest BCUT2D eigenvalue weighted by molar-refractivity contribution is 9.10. The molecule has 8 heteroatoms. The monoisotopic (exact) mass is 380 g/mol. The van der Waals surface area contributed by atoms with E-state index in [1.807, 2.05) is 13.8 Å². The molecule has 0 fully saturated rings. The molecule has 0 aliphatic heterocycles. The van der Waals surface area contributed by atoms with Gasteiger partial charge in [-0.25, -0.2) is 17.5 Å². The van der Waals surface area contributed by atoms with Crippen LogP contribution in [0.15, 0.2) is 27.6 Å². The molecular formula is C13H18BrFN2O3S. The third-order valence-corrected chi connectivity index (χ3v) is 4.52. The summed E-state index contributed by atoms with van der Waals surface area (Å²) in [6.07, 6.45) is 0.00406. The van der Waals surface area contributed by atoms with Crippen molar-refractivity contribution in [2.45, 2.75) is 25.2 Å². The Balaban J connectivity index is 2.56. The number of hydrogen-bond donors (Lipinski definition) is 2. The number of carbonyl (C=O) groups is 1. The van der Waals surface area contributed by atoms with E-state index < -0.39 is 20.7 Å². The molecule has 0 radical (unpaired) electrons. The van der Waals surface area contributed by atoms with Gasteiger partial charge in [0.05, 0.1) is 0 Å². The van der Waals surface area contributed by atoms with Crippen LogP contribution in [-0.2, 0) is 14.8 Å². The summed E-state index contributed by atoms with van der Waals surface area (Å²) in [5, 5.41) is 2.67. The maximum Gasteiger partial charge on any atom is 0.243 e. The van der Waals surface area contributed by atoms with Gasteiger partial charge in [-0.1, -0.05) is 29.8 Å². The van der Waals surface area contributed by atoms with E-state index in [1.54, 1.807) is 0 Å². The van der Waals surface area contributed by atoms with Gasteiger partial charge in [-0.2, -0.15) is 0 Å². The number of rotatable bonds is 7. The van der Waals surface area contributed by atoms with E-state index in [1.165, 1.54) is 12.1 Å². The Morgan fingerprint density at radius 3 is 2.62 bits per heavy atom. The smallest absolute Gasteiger partial charge is 0.243 e. The van der Waals surface area contributed by atoms with Crippen LogP contribution in [0.5, 0.6) is 0 Å². The van der Waals surface area contributed by atoms with E-state index in [4.69, 9.17) is 0 Å². The van der Waals surface area contributed by atoms with E-state index in [0.717, 1.165) is 6.07 Å². The van der Waals surface area contributed by atoms with Crippen LogP contribution in [0, 0.1) is 11.7 Å². The topological polar surface area (TPSA) is 75.3 Å². The van der Waals surface area contributed by atoms with Crippen molar-refractivity contribution < 1.29 is 17.6 Å². The Kier molecular flexibility index (Phi) is 6.76. The standard InChI is InChI=1S/C13H18BrFN2O3S/c1-9(2)8-16-13(18)5-6-17-21(19,20)12-4-3-10(14)7-11(12)15/h3-4,7,9,17H,5-6,8H2,1-2H3,(H,16,18). The third-order valence-electron chi connectivity index (χ3n) is 2.54. The molecule has 0 unspecified atom stereocenters. The second-order valence-corrected chi connectivity index (χ2v) is 7.57. The van der Waals surface area contributed by atoms with Crippen LogP contribution in [0.3, 0.4) is 0 Å². The summed E-state index contributed by atoms with van der Waals surface area (Å²) in [6, 6.07) is 3.68. The summed E-state index contributed by atoms with van der Waals surface area (Å²) in [4.78, 5) is 11.0. The second-order valence-electron chi connectivity index (χ2n) is 4.92. The Morgan fingerprint density at radius 2 is 2.05 bits per heavy atom. The Labute approximate surface area is 132 Å². The van der Waals surface area contributed by atoms with Gasteiger partial charge in [0.1, 0.15) is 10.7 Å². The molecule has 0 aromatic heterocycles. The van der Waals surface area contributed by atoms with E-state index in [-0.39, 0.29) is 18.9 Å². The lowest BCUT2D eigenvalue weighted by Gasteiger charge is -2.09. The van der Waals surface area contributed by atoms with Crippen molar-refractivity contribution in [3.63, 3.8) is 0 Å². The largest absolute Gasteiger partial charge is 0.356 e. The lowest BCUT2D eigenvalue weighted by molar-refractivity contribution is -0.121. The fourth-order valence-corrected chi connectivity index (χ4v) is 2.90. The first-order valence-corrected chi connectivity index (χ1v) is 8.71. The van der Waals surface area contributed by atoms with Gasteiger partial charge in [0, 0.05) is 24.0 Å². The van der Waals surface area contributed by atoms with E-state index in [2.05, 4.69) is 26.0 Å². The summed E-state index contributed by atoms with van der Waals surface area (Å²) in [6.45, 7) is 4.37. The van der Waals surface area contributed by atoms with Crippen molar-refractivity contribution >= 4 is 31.9 Å². The number of hydrogen-bond acceptors (Lipinski definition) is 3. The minimum Gasteiger partial charge on any atom is -0.356 e. The molecule has 0 atom stereocenters. The van der Waals surface area contributed by atoms with Gasteiger partial charge < -0.3 is 5.32 Å². The molecule has 2 N–H and O–H groups in total. The molecule has 1 rings (SSSR count). The number of halogens is 2. The SMILES string of the molecule is CC(C)CNC(=O)CCNS(=O)(=O)c1ccc(Br)cc1F. The molecule has 0 bridgehead atoms. The van der Waals surface area contributed by atoms with Crippen LogP contribution in [0.25, 0.3) is 0 Å². The minimum absolute atomic E-state index is 0.00406. The van der Waals surface area contributed by atoms with Gasteiger partial charge in [-0.15, -0.1) is 0 Å². The lowest BCUT2D eigenvalue weighted by atomic mass is 10.2. The van der Waals surface area contributed by atoms with Crippen LogP contribution < -0.4 is 10.0 Å². The second kappa shape index (κ2) is 7.86. The highest BCUT2D eigenvalue weighted by Crippen LogP contribution is 2.19. The molecule has 0 aliphatic carbocycles. The van der Waals surface area contributed by atoms with Crippen LogP contribution in [0.4, 0.5) is 4.39 Å². The number of amides is 1. The van der Waals surface area contributed by atoms with Crippen molar-refractivity contribution in [3.05, 3.63) is 28.5 Å². The average molecular weight is 381 g/mol. The molecule has 5 nitrogen and oxygen atoms in total. The minimum atomic E-state index is -3.96. The molecule has 0 saturated heterocycles. The molecule has 0 heterocycles. The van der Waals surface area contributed by atoms with Crippen molar-refractivity contribution in [2.75, 3.05) is 13.1 Å². The first-order chi connectivity index (χ1) is 9.72. The summed E-state index contributed by atoms with van der Waals surface area (Å²) < 4.78 is 40.1. The maximum absolute atomic E-state index is 13.6. The quantitative estimate of drug-likeness (QED) is 0.759. The van der Waals surface area contributed by atoms with Crippen LogP contribution >= 0.6 is 15.9 Å². The summed E-state index contributed by atoms with van der Waals surface area (Å²) >= 11 is 3.06. The molecule has 1 aromatic rings. The van der Waals surface area contributed by atoms with Crippen molar-refractivity contribution in [1.82, 2.24) is 10.0 Å². The van der Waals surface area contributed by atoms with E-state index >= 15 is 0 Å². The molecule has 0 saturated carbocycles. The zero-order valence-corrected chi connectivity index (χ0v) is 14.2. The molecule has 1 aromatic carbocycles. The Hall–Kier alpha value is -0.990. The predicted molar refractivity (Wildman–Crippen MR) is 81.8 cm³/mol. The Bertz CT molecular complexity index is 605. The Morgan fingerprint density at radius 1 is 1.38 bits per heavy atom. The number of benzene rings is 1. The molecule has 118 valence electrons. The van der Waals surface area contributed by atoms with Crippen LogP contribution in [0.1, 0.15) is 20.3 Å². The highest BCUT2D eigenvalue weighted by Gasteiger charge is 2.19. The van der Waals surface area contributed by atoms with E-state index in [0.29, 0.717) is 16.9 Å². The highest BCUT2D eigenvalue weighted by atomic mass is 79.9.